The van der Waals surface area contributed by atoms with Gasteiger partial charge in [-0.3, -0.25) is 0 Å². The van der Waals surface area contributed by atoms with Crippen LogP contribution in [-0.4, -0.2) is 19.2 Å². The van der Waals surface area contributed by atoms with Gasteiger partial charge in [0, 0.05) is 0 Å². The van der Waals surface area contributed by atoms with E-state index >= 15 is 0 Å². The Morgan fingerprint density at radius 3 is 2.35 bits per heavy atom. The maximum atomic E-state index is 6.30. The monoisotopic (exact) mass is 233 g/mol. The molecule has 2 rings (SSSR count). The van der Waals surface area contributed by atoms with Crippen molar-refractivity contribution in [3.8, 4) is 0 Å². The summed E-state index contributed by atoms with van der Waals surface area (Å²) in [5, 5.41) is 3.38. The highest BCUT2D eigenvalue weighted by molar-refractivity contribution is 5.18. The van der Waals surface area contributed by atoms with E-state index in [-0.39, 0.29) is 6.10 Å². The molecule has 2 heteroatoms. The maximum absolute atomic E-state index is 6.30. The third-order valence-electron chi connectivity index (χ3n) is 3.36. The summed E-state index contributed by atoms with van der Waals surface area (Å²) in [6.45, 7) is 6.64. The molecule has 94 valence electrons. The third kappa shape index (κ3) is 3.55. The Hall–Kier alpha value is -0.860. The summed E-state index contributed by atoms with van der Waals surface area (Å²) >= 11 is 0. The minimum absolute atomic E-state index is 0.235. The summed E-state index contributed by atoms with van der Waals surface area (Å²) in [4.78, 5) is 0. The number of hydrogen-bond acceptors (Lipinski definition) is 2. The van der Waals surface area contributed by atoms with Gasteiger partial charge in [0.2, 0.25) is 0 Å². The van der Waals surface area contributed by atoms with E-state index in [0.717, 1.165) is 25.9 Å². The van der Waals surface area contributed by atoms with E-state index < -0.39 is 0 Å². The molecule has 1 aromatic rings. The second kappa shape index (κ2) is 6.18. The Morgan fingerprint density at radius 1 is 1.12 bits per heavy atom. The molecule has 1 aliphatic heterocycles. The fraction of sp³-hybridized carbons (Fsp3) is 0.600. The Labute approximate surface area is 104 Å². The van der Waals surface area contributed by atoms with E-state index in [4.69, 9.17) is 4.74 Å². The number of piperidine rings is 1. The van der Waals surface area contributed by atoms with E-state index in [1.807, 2.05) is 0 Å². The van der Waals surface area contributed by atoms with Crippen molar-refractivity contribution in [1.82, 2.24) is 5.32 Å². The van der Waals surface area contributed by atoms with Crippen LogP contribution in [0.2, 0.25) is 0 Å². The van der Waals surface area contributed by atoms with Gasteiger partial charge in [-0.05, 0) is 37.4 Å². The topological polar surface area (TPSA) is 21.3 Å². The minimum atomic E-state index is 0.235. The molecule has 1 aromatic carbocycles. The number of ether oxygens (including phenoxy) is 1. The van der Waals surface area contributed by atoms with Crippen molar-refractivity contribution >= 4 is 0 Å². The molecule has 0 radical (unpaired) electrons. The zero-order valence-corrected chi connectivity index (χ0v) is 10.9. The van der Waals surface area contributed by atoms with Gasteiger partial charge in [0.25, 0.3) is 0 Å². The Bertz CT molecular complexity index is 317. The fourth-order valence-corrected chi connectivity index (χ4v) is 2.40. The van der Waals surface area contributed by atoms with Crippen LogP contribution in [-0.2, 0) is 4.74 Å². The van der Waals surface area contributed by atoms with Gasteiger partial charge in [-0.2, -0.15) is 0 Å². The quantitative estimate of drug-likeness (QED) is 0.862. The van der Waals surface area contributed by atoms with Crippen molar-refractivity contribution in [3.63, 3.8) is 0 Å². The number of benzene rings is 1. The van der Waals surface area contributed by atoms with Crippen LogP contribution in [0.4, 0.5) is 0 Å². The Balaban J connectivity index is 2.02. The van der Waals surface area contributed by atoms with Crippen molar-refractivity contribution in [3.05, 3.63) is 35.9 Å². The summed E-state index contributed by atoms with van der Waals surface area (Å²) < 4.78 is 6.30. The lowest BCUT2D eigenvalue weighted by Crippen LogP contribution is -2.34. The van der Waals surface area contributed by atoms with E-state index in [0.29, 0.717) is 12.0 Å². The first kappa shape index (κ1) is 12.6. The first-order valence-electron chi connectivity index (χ1n) is 6.68. The lowest BCUT2D eigenvalue weighted by atomic mass is 9.98. The van der Waals surface area contributed by atoms with Gasteiger partial charge in [-0.1, -0.05) is 44.2 Å². The molecule has 1 aliphatic rings. The van der Waals surface area contributed by atoms with Gasteiger partial charge in [0.1, 0.15) is 0 Å². The first-order chi connectivity index (χ1) is 8.27. The molecule has 0 aliphatic carbocycles. The normalized spacial score (nSPS) is 19.5. The van der Waals surface area contributed by atoms with Gasteiger partial charge >= 0.3 is 0 Å². The minimum Gasteiger partial charge on any atom is -0.370 e. The van der Waals surface area contributed by atoms with Crippen LogP contribution in [0.25, 0.3) is 0 Å². The molecule has 0 spiro atoms. The fourth-order valence-electron chi connectivity index (χ4n) is 2.40. The maximum Gasteiger partial charge on any atom is 0.0851 e. The molecule has 17 heavy (non-hydrogen) atoms. The van der Waals surface area contributed by atoms with Gasteiger partial charge < -0.3 is 10.1 Å². The smallest absolute Gasteiger partial charge is 0.0851 e. The summed E-state index contributed by atoms with van der Waals surface area (Å²) in [7, 11) is 0. The number of hydrogen-bond donors (Lipinski definition) is 1. The lowest BCUT2D eigenvalue weighted by molar-refractivity contribution is -0.0499. The molecule has 2 nitrogen and oxygen atoms in total. The van der Waals surface area contributed by atoms with Crippen molar-refractivity contribution in [2.45, 2.75) is 38.9 Å². The highest BCUT2D eigenvalue weighted by atomic mass is 16.5. The van der Waals surface area contributed by atoms with Crippen molar-refractivity contribution in [2.24, 2.45) is 5.92 Å². The van der Waals surface area contributed by atoms with Crippen LogP contribution >= 0.6 is 0 Å². The molecule has 1 fully saturated rings. The number of rotatable bonds is 4. The summed E-state index contributed by atoms with van der Waals surface area (Å²) in [5.41, 5.74) is 1.31. The molecule has 0 saturated carbocycles. The molecule has 0 amide bonds. The largest absolute Gasteiger partial charge is 0.370 e. The number of nitrogens with one attached hydrogen (secondary N) is 1. The standard InChI is InChI=1S/C15H23NO/c1-12(2)15(13-6-4-3-5-7-13)17-14-8-10-16-11-9-14/h3-7,12,14-16H,8-11H2,1-2H3. The summed E-state index contributed by atoms with van der Waals surface area (Å²) in [5.74, 6) is 0.521. The average molecular weight is 233 g/mol. The van der Waals surface area contributed by atoms with Crippen LogP contribution in [0.5, 0.6) is 0 Å². The van der Waals surface area contributed by atoms with Crippen LogP contribution in [0.1, 0.15) is 38.4 Å². The second-order valence-electron chi connectivity index (χ2n) is 5.16. The molecule has 1 heterocycles. The lowest BCUT2D eigenvalue weighted by Gasteiger charge is -2.30. The zero-order valence-electron chi connectivity index (χ0n) is 10.9. The van der Waals surface area contributed by atoms with Crippen molar-refractivity contribution < 1.29 is 4.74 Å². The summed E-state index contributed by atoms with van der Waals surface area (Å²) in [6, 6.07) is 10.6. The highest BCUT2D eigenvalue weighted by Gasteiger charge is 2.22. The molecule has 0 aromatic heterocycles. The van der Waals surface area contributed by atoms with Gasteiger partial charge in [-0.25, -0.2) is 0 Å². The Kier molecular flexibility index (Phi) is 4.57. The van der Waals surface area contributed by atoms with E-state index in [1.165, 1.54) is 5.56 Å². The van der Waals surface area contributed by atoms with Crippen LogP contribution in [0, 0.1) is 5.92 Å². The van der Waals surface area contributed by atoms with E-state index in [2.05, 4.69) is 49.5 Å². The van der Waals surface area contributed by atoms with Crippen LogP contribution in [0.3, 0.4) is 0 Å². The first-order valence-corrected chi connectivity index (χ1v) is 6.68. The average Bonchev–Trinajstić information content (AvgIpc) is 2.38. The second-order valence-corrected chi connectivity index (χ2v) is 5.16. The van der Waals surface area contributed by atoms with Crippen LogP contribution in [0.15, 0.2) is 30.3 Å². The highest BCUT2D eigenvalue weighted by Crippen LogP contribution is 2.28. The van der Waals surface area contributed by atoms with Gasteiger partial charge in [-0.15, -0.1) is 0 Å². The molecule has 1 N–H and O–H groups in total. The van der Waals surface area contributed by atoms with E-state index in [1.54, 1.807) is 0 Å². The zero-order chi connectivity index (χ0) is 12.1. The van der Waals surface area contributed by atoms with Crippen molar-refractivity contribution in [2.75, 3.05) is 13.1 Å². The predicted molar refractivity (Wildman–Crippen MR) is 71.0 cm³/mol. The molecule has 0 bridgehead atoms. The molecule has 1 unspecified atom stereocenters. The van der Waals surface area contributed by atoms with Crippen LogP contribution < -0.4 is 5.32 Å². The SMILES string of the molecule is CC(C)C(OC1CCNCC1)c1ccccc1. The Morgan fingerprint density at radius 2 is 1.76 bits per heavy atom. The van der Waals surface area contributed by atoms with Crippen molar-refractivity contribution in [1.29, 1.82) is 0 Å². The molecular weight excluding hydrogens is 210 g/mol. The van der Waals surface area contributed by atoms with Gasteiger partial charge in [0.15, 0.2) is 0 Å². The van der Waals surface area contributed by atoms with E-state index in [9.17, 15) is 0 Å². The summed E-state index contributed by atoms with van der Waals surface area (Å²) in [6.07, 6.45) is 2.93. The predicted octanol–water partition coefficient (Wildman–Crippen LogP) is 3.15. The van der Waals surface area contributed by atoms with Gasteiger partial charge in [0.05, 0.1) is 12.2 Å². The molecular formula is C15H23NO. The molecule has 1 atom stereocenters. The molecule has 1 saturated heterocycles. The third-order valence-corrected chi connectivity index (χ3v) is 3.36.